The Morgan fingerprint density at radius 1 is 1.32 bits per heavy atom. The molecule has 104 valence electrons. The number of para-hydroxylation sites is 1. The van der Waals surface area contributed by atoms with Crippen molar-refractivity contribution in [3.05, 3.63) is 29.6 Å². The molecule has 4 heteroatoms. The molecule has 1 atom stereocenters. The highest BCUT2D eigenvalue weighted by molar-refractivity contribution is 6.20. The van der Waals surface area contributed by atoms with E-state index in [1.165, 1.54) is 5.56 Å². The Morgan fingerprint density at radius 2 is 2.05 bits per heavy atom. The maximum absolute atomic E-state index is 6.25. The first-order valence-corrected chi connectivity index (χ1v) is 7.15. The van der Waals surface area contributed by atoms with Crippen molar-refractivity contribution < 1.29 is 4.74 Å². The molecule has 0 saturated heterocycles. The Labute approximate surface area is 119 Å². The van der Waals surface area contributed by atoms with Gasteiger partial charge < -0.3 is 9.30 Å². The SMILES string of the molecule is Cc1cccc2c1nc(C(C)Cl)n2CCOC(C)C. The van der Waals surface area contributed by atoms with Gasteiger partial charge in [-0.1, -0.05) is 12.1 Å². The summed E-state index contributed by atoms with van der Waals surface area (Å²) in [6.07, 6.45) is 0.244. The lowest BCUT2D eigenvalue weighted by molar-refractivity contribution is 0.0729. The smallest absolute Gasteiger partial charge is 0.127 e. The van der Waals surface area contributed by atoms with Crippen molar-refractivity contribution >= 4 is 22.6 Å². The number of rotatable bonds is 5. The van der Waals surface area contributed by atoms with Crippen LogP contribution in [0.5, 0.6) is 0 Å². The molecule has 0 aliphatic carbocycles. The number of alkyl halides is 1. The highest BCUT2D eigenvalue weighted by atomic mass is 35.5. The van der Waals surface area contributed by atoms with E-state index in [-0.39, 0.29) is 11.5 Å². The molecule has 0 spiro atoms. The number of benzene rings is 1. The summed E-state index contributed by atoms with van der Waals surface area (Å²) in [4.78, 5) is 4.68. The second-order valence-electron chi connectivity index (χ2n) is 5.10. The summed E-state index contributed by atoms with van der Waals surface area (Å²) in [6.45, 7) is 9.57. The van der Waals surface area contributed by atoms with E-state index in [4.69, 9.17) is 16.3 Å². The Hall–Kier alpha value is -1.06. The Balaban J connectivity index is 2.38. The Bertz CT molecular complexity index is 561. The number of hydrogen-bond acceptors (Lipinski definition) is 2. The number of fused-ring (bicyclic) bond motifs is 1. The largest absolute Gasteiger partial charge is 0.377 e. The molecule has 1 heterocycles. The number of imidazole rings is 1. The third-order valence-electron chi connectivity index (χ3n) is 3.13. The molecule has 0 aliphatic heterocycles. The van der Waals surface area contributed by atoms with E-state index < -0.39 is 0 Å². The van der Waals surface area contributed by atoms with Crippen LogP contribution in [0.15, 0.2) is 18.2 Å². The van der Waals surface area contributed by atoms with Crippen LogP contribution in [-0.4, -0.2) is 22.3 Å². The summed E-state index contributed by atoms with van der Waals surface area (Å²) in [5.74, 6) is 0.915. The Morgan fingerprint density at radius 3 is 2.68 bits per heavy atom. The van der Waals surface area contributed by atoms with Crippen molar-refractivity contribution in [3.63, 3.8) is 0 Å². The minimum absolute atomic E-state index is 0.106. The summed E-state index contributed by atoms with van der Waals surface area (Å²) in [5, 5.41) is -0.106. The van der Waals surface area contributed by atoms with E-state index in [9.17, 15) is 0 Å². The van der Waals surface area contributed by atoms with Crippen LogP contribution in [0.1, 0.15) is 37.5 Å². The molecule has 0 amide bonds. The zero-order valence-corrected chi connectivity index (χ0v) is 12.7. The van der Waals surface area contributed by atoms with Crippen LogP contribution >= 0.6 is 11.6 Å². The molecular weight excluding hydrogens is 260 g/mol. The van der Waals surface area contributed by atoms with Crippen molar-refractivity contribution in [2.75, 3.05) is 6.61 Å². The predicted molar refractivity (Wildman–Crippen MR) is 79.8 cm³/mol. The third-order valence-corrected chi connectivity index (χ3v) is 3.33. The van der Waals surface area contributed by atoms with E-state index in [0.29, 0.717) is 6.61 Å². The van der Waals surface area contributed by atoms with Gasteiger partial charge >= 0.3 is 0 Å². The molecule has 0 N–H and O–H groups in total. The fourth-order valence-electron chi connectivity index (χ4n) is 2.22. The average Bonchev–Trinajstić information content (AvgIpc) is 2.70. The van der Waals surface area contributed by atoms with Crippen molar-refractivity contribution in [1.29, 1.82) is 0 Å². The molecule has 0 aliphatic rings. The van der Waals surface area contributed by atoms with Crippen molar-refractivity contribution in [3.8, 4) is 0 Å². The number of nitrogens with zero attached hydrogens (tertiary/aromatic N) is 2. The lowest BCUT2D eigenvalue weighted by Crippen LogP contribution is -2.13. The zero-order valence-electron chi connectivity index (χ0n) is 12.0. The van der Waals surface area contributed by atoms with Gasteiger partial charge in [0.15, 0.2) is 0 Å². The van der Waals surface area contributed by atoms with E-state index in [1.807, 2.05) is 20.8 Å². The molecule has 3 nitrogen and oxygen atoms in total. The molecule has 2 rings (SSSR count). The van der Waals surface area contributed by atoms with Gasteiger partial charge in [0.25, 0.3) is 0 Å². The molecule has 0 bridgehead atoms. The standard InChI is InChI=1S/C15H21ClN2O/c1-10(2)19-9-8-18-13-7-5-6-11(3)14(13)17-15(18)12(4)16/h5-7,10,12H,8-9H2,1-4H3. The van der Waals surface area contributed by atoms with E-state index in [1.54, 1.807) is 0 Å². The molecule has 0 saturated carbocycles. The van der Waals surface area contributed by atoms with E-state index in [2.05, 4.69) is 34.7 Å². The molecule has 1 aromatic heterocycles. The van der Waals surface area contributed by atoms with Crippen molar-refractivity contribution in [2.45, 2.75) is 45.7 Å². The zero-order chi connectivity index (χ0) is 14.0. The number of ether oxygens (including phenoxy) is 1. The average molecular weight is 281 g/mol. The summed E-state index contributed by atoms with van der Waals surface area (Å²) in [6, 6.07) is 6.22. The topological polar surface area (TPSA) is 27.1 Å². The van der Waals surface area contributed by atoms with Crippen LogP contribution in [-0.2, 0) is 11.3 Å². The number of hydrogen-bond donors (Lipinski definition) is 0. The van der Waals surface area contributed by atoms with Gasteiger partial charge in [0.2, 0.25) is 0 Å². The number of aromatic nitrogens is 2. The lowest BCUT2D eigenvalue weighted by atomic mass is 10.2. The molecule has 1 unspecified atom stereocenters. The minimum Gasteiger partial charge on any atom is -0.377 e. The van der Waals surface area contributed by atoms with Gasteiger partial charge in [0.05, 0.1) is 29.1 Å². The fraction of sp³-hybridized carbons (Fsp3) is 0.533. The van der Waals surface area contributed by atoms with Crippen LogP contribution in [0.2, 0.25) is 0 Å². The molecule has 19 heavy (non-hydrogen) atoms. The van der Waals surface area contributed by atoms with Crippen LogP contribution in [0.3, 0.4) is 0 Å². The molecule has 2 aromatic rings. The van der Waals surface area contributed by atoms with Gasteiger partial charge in [0, 0.05) is 6.54 Å². The van der Waals surface area contributed by atoms with Crippen molar-refractivity contribution in [2.24, 2.45) is 0 Å². The second kappa shape index (κ2) is 5.93. The van der Waals surface area contributed by atoms with Gasteiger partial charge in [-0.2, -0.15) is 0 Å². The van der Waals surface area contributed by atoms with Gasteiger partial charge in [-0.25, -0.2) is 4.98 Å². The first kappa shape index (κ1) is 14.4. The van der Waals surface area contributed by atoms with Crippen LogP contribution in [0.25, 0.3) is 11.0 Å². The molecule has 1 aromatic carbocycles. The highest BCUT2D eigenvalue weighted by Crippen LogP contribution is 2.26. The van der Waals surface area contributed by atoms with Gasteiger partial charge in [-0.05, 0) is 39.3 Å². The third kappa shape index (κ3) is 3.10. The quantitative estimate of drug-likeness (QED) is 0.772. The molecule has 0 radical (unpaired) electrons. The summed E-state index contributed by atoms with van der Waals surface area (Å²) in [7, 11) is 0. The maximum Gasteiger partial charge on any atom is 0.127 e. The normalized spacial score (nSPS) is 13.4. The summed E-state index contributed by atoms with van der Waals surface area (Å²) >= 11 is 6.25. The van der Waals surface area contributed by atoms with Crippen molar-refractivity contribution in [1.82, 2.24) is 9.55 Å². The summed E-state index contributed by atoms with van der Waals surface area (Å²) in [5.41, 5.74) is 3.35. The van der Waals surface area contributed by atoms with Gasteiger partial charge in [0.1, 0.15) is 5.82 Å². The Kier molecular flexibility index (Phi) is 4.48. The molecule has 0 fully saturated rings. The number of halogens is 1. The lowest BCUT2D eigenvalue weighted by Gasteiger charge is -2.12. The minimum atomic E-state index is -0.106. The monoisotopic (exact) mass is 280 g/mol. The highest BCUT2D eigenvalue weighted by Gasteiger charge is 2.15. The van der Waals surface area contributed by atoms with E-state index in [0.717, 1.165) is 23.4 Å². The first-order valence-electron chi connectivity index (χ1n) is 6.72. The fourth-order valence-corrected chi connectivity index (χ4v) is 2.39. The first-order chi connectivity index (χ1) is 9.00. The van der Waals surface area contributed by atoms with Gasteiger partial charge in [-0.3, -0.25) is 0 Å². The van der Waals surface area contributed by atoms with E-state index >= 15 is 0 Å². The molecular formula is C15H21ClN2O. The predicted octanol–water partition coefficient (Wildman–Crippen LogP) is 4.07. The maximum atomic E-state index is 6.25. The summed E-state index contributed by atoms with van der Waals surface area (Å²) < 4.78 is 7.81. The van der Waals surface area contributed by atoms with Crippen LogP contribution in [0, 0.1) is 6.92 Å². The number of aryl methyl sites for hydroxylation is 1. The van der Waals surface area contributed by atoms with Crippen LogP contribution < -0.4 is 0 Å². The van der Waals surface area contributed by atoms with Gasteiger partial charge in [-0.15, -0.1) is 11.6 Å². The van der Waals surface area contributed by atoms with Crippen LogP contribution in [0.4, 0.5) is 0 Å². The second-order valence-corrected chi connectivity index (χ2v) is 5.75.